The van der Waals surface area contributed by atoms with E-state index in [0.717, 1.165) is 31.1 Å². The molecule has 2 heteroatoms. The molecule has 2 nitrogen and oxygen atoms in total. The third kappa shape index (κ3) is 3.23. The Hall–Kier alpha value is -1.50. The number of benzene rings is 1. The van der Waals surface area contributed by atoms with E-state index < -0.39 is 0 Å². The summed E-state index contributed by atoms with van der Waals surface area (Å²) in [7, 11) is 0. The van der Waals surface area contributed by atoms with Crippen LogP contribution in [0.3, 0.4) is 0 Å². The Bertz CT molecular complexity index is 563. The SMILES string of the molecule is C=C=C1CCc2cc(OCCC3CCNCC3)cc(C)c21. The van der Waals surface area contributed by atoms with E-state index in [1.807, 2.05) is 0 Å². The number of allylic oxidation sites excluding steroid dienone is 1. The molecule has 1 aromatic rings. The van der Waals surface area contributed by atoms with Gasteiger partial charge in [0, 0.05) is 5.57 Å². The summed E-state index contributed by atoms with van der Waals surface area (Å²) >= 11 is 0. The maximum Gasteiger partial charge on any atom is 0.119 e. The zero-order valence-corrected chi connectivity index (χ0v) is 13.0. The summed E-state index contributed by atoms with van der Waals surface area (Å²) in [5.41, 5.74) is 8.41. The van der Waals surface area contributed by atoms with Crippen LogP contribution in [0.4, 0.5) is 0 Å². The fraction of sp³-hybridized carbons (Fsp3) is 0.526. The van der Waals surface area contributed by atoms with Crippen molar-refractivity contribution in [2.45, 2.75) is 39.0 Å². The molecule has 0 atom stereocenters. The van der Waals surface area contributed by atoms with Crippen LogP contribution in [0, 0.1) is 12.8 Å². The van der Waals surface area contributed by atoms with Crippen LogP contribution in [0.15, 0.2) is 24.4 Å². The van der Waals surface area contributed by atoms with Crippen molar-refractivity contribution in [2.24, 2.45) is 5.92 Å². The number of nitrogens with one attached hydrogen (secondary N) is 1. The molecular formula is C19H25NO. The first kappa shape index (κ1) is 14.4. The minimum absolute atomic E-state index is 0.831. The summed E-state index contributed by atoms with van der Waals surface area (Å²) in [4.78, 5) is 0. The van der Waals surface area contributed by atoms with Crippen molar-refractivity contribution in [3.05, 3.63) is 41.1 Å². The summed E-state index contributed by atoms with van der Waals surface area (Å²) in [6.07, 6.45) is 5.92. The molecule has 0 aromatic heterocycles. The number of ether oxygens (including phenoxy) is 1. The van der Waals surface area contributed by atoms with Gasteiger partial charge in [0.15, 0.2) is 0 Å². The zero-order chi connectivity index (χ0) is 14.7. The topological polar surface area (TPSA) is 21.3 Å². The van der Waals surface area contributed by atoms with E-state index in [-0.39, 0.29) is 0 Å². The predicted molar refractivity (Wildman–Crippen MR) is 87.8 cm³/mol. The number of aryl methyl sites for hydroxylation is 2. The second kappa shape index (κ2) is 6.51. The fourth-order valence-electron chi connectivity index (χ4n) is 3.61. The van der Waals surface area contributed by atoms with Crippen LogP contribution in [-0.2, 0) is 6.42 Å². The van der Waals surface area contributed by atoms with Crippen LogP contribution >= 0.6 is 0 Å². The van der Waals surface area contributed by atoms with Gasteiger partial charge in [-0.2, -0.15) is 0 Å². The molecule has 1 aromatic carbocycles. The van der Waals surface area contributed by atoms with Crippen LogP contribution in [0.1, 0.15) is 42.4 Å². The van der Waals surface area contributed by atoms with Gasteiger partial charge in [-0.1, -0.05) is 6.58 Å². The van der Waals surface area contributed by atoms with Gasteiger partial charge in [0.1, 0.15) is 5.75 Å². The van der Waals surface area contributed by atoms with Gasteiger partial charge in [-0.15, -0.1) is 5.73 Å². The molecule has 0 unspecified atom stereocenters. The molecule has 3 rings (SSSR count). The molecule has 112 valence electrons. The van der Waals surface area contributed by atoms with E-state index in [2.05, 4.69) is 36.7 Å². The Labute approximate surface area is 127 Å². The van der Waals surface area contributed by atoms with Crippen molar-refractivity contribution in [1.29, 1.82) is 0 Å². The molecule has 0 bridgehead atoms. The Balaban J connectivity index is 1.62. The summed E-state index contributed by atoms with van der Waals surface area (Å²) in [5, 5.41) is 3.41. The summed E-state index contributed by atoms with van der Waals surface area (Å²) in [6, 6.07) is 4.39. The first-order valence-corrected chi connectivity index (χ1v) is 8.14. The Kier molecular flexibility index (Phi) is 4.48. The first-order chi connectivity index (χ1) is 10.3. The Morgan fingerprint density at radius 1 is 1.29 bits per heavy atom. The molecule has 0 spiro atoms. The molecule has 0 amide bonds. The van der Waals surface area contributed by atoms with Crippen molar-refractivity contribution in [3.8, 4) is 5.75 Å². The third-order valence-corrected chi connectivity index (χ3v) is 4.80. The summed E-state index contributed by atoms with van der Waals surface area (Å²) in [6.45, 7) is 9.15. The normalized spacial score (nSPS) is 18.4. The highest BCUT2D eigenvalue weighted by Gasteiger charge is 2.19. The minimum Gasteiger partial charge on any atom is -0.494 e. The molecule has 1 fully saturated rings. The smallest absolute Gasteiger partial charge is 0.119 e. The summed E-state index contributed by atoms with van der Waals surface area (Å²) < 4.78 is 6.02. The Morgan fingerprint density at radius 2 is 2.10 bits per heavy atom. The highest BCUT2D eigenvalue weighted by atomic mass is 16.5. The molecule has 1 aliphatic heterocycles. The quantitative estimate of drug-likeness (QED) is 0.847. The van der Waals surface area contributed by atoms with Crippen LogP contribution in [0.2, 0.25) is 0 Å². The highest BCUT2D eigenvalue weighted by Crippen LogP contribution is 2.36. The van der Waals surface area contributed by atoms with Gasteiger partial charge >= 0.3 is 0 Å². The fourth-order valence-corrected chi connectivity index (χ4v) is 3.61. The van der Waals surface area contributed by atoms with Crippen LogP contribution < -0.4 is 10.1 Å². The molecule has 0 saturated carbocycles. The van der Waals surface area contributed by atoms with Crippen molar-refractivity contribution in [2.75, 3.05) is 19.7 Å². The molecule has 2 aliphatic rings. The third-order valence-electron chi connectivity index (χ3n) is 4.80. The average molecular weight is 283 g/mol. The van der Waals surface area contributed by atoms with Crippen molar-refractivity contribution in [3.63, 3.8) is 0 Å². The summed E-state index contributed by atoms with van der Waals surface area (Å²) in [5.74, 6) is 1.86. The largest absolute Gasteiger partial charge is 0.494 e. The lowest BCUT2D eigenvalue weighted by atomic mass is 9.95. The van der Waals surface area contributed by atoms with E-state index in [0.29, 0.717) is 0 Å². The molecule has 1 heterocycles. The van der Waals surface area contributed by atoms with Crippen molar-refractivity contribution >= 4 is 5.57 Å². The van der Waals surface area contributed by atoms with Gasteiger partial charge in [0.2, 0.25) is 0 Å². The van der Waals surface area contributed by atoms with E-state index in [1.54, 1.807) is 0 Å². The van der Waals surface area contributed by atoms with Gasteiger partial charge < -0.3 is 10.1 Å². The van der Waals surface area contributed by atoms with Crippen molar-refractivity contribution < 1.29 is 4.74 Å². The number of rotatable bonds is 4. The second-order valence-corrected chi connectivity index (χ2v) is 6.26. The van der Waals surface area contributed by atoms with E-state index in [1.165, 1.54) is 54.6 Å². The number of hydrogen-bond acceptors (Lipinski definition) is 2. The van der Waals surface area contributed by atoms with Crippen LogP contribution in [-0.4, -0.2) is 19.7 Å². The van der Waals surface area contributed by atoms with Gasteiger partial charge in [-0.3, -0.25) is 0 Å². The molecule has 0 radical (unpaired) electrons. The average Bonchev–Trinajstić information content (AvgIpc) is 2.92. The van der Waals surface area contributed by atoms with Gasteiger partial charge in [-0.05, 0) is 86.9 Å². The first-order valence-electron chi connectivity index (χ1n) is 8.14. The van der Waals surface area contributed by atoms with Crippen molar-refractivity contribution in [1.82, 2.24) is 5.32 Å². The standard InChI is InChI=1S/C19H25NO/c1-3-16-4-5-17-13-18(12-14(2)19(16)17)21-11-8-15-6-9-20-10-7-15/h12-13,15,20H,1,4-11H2,2H3. The molecule has 21 heavy (non-hydrogen) atoms. The molecule has 1 aliphatic carbocycles. The lowest BCUT2D eigenvalue weighted by molar-refractivity contribution is 0.251. The van der Waals surface area contributed by atoms with Gasteiger partial charge in [0.25, 0.3) is 0 Å². The highest BCUT2D eigenvalue weighted by molar-refractivity contribution is 5.75. The second-order valence-electron chi connectivity index (χ2n) is 6.26. The maximum atomic E-state index is 6.02. The lowest BCUT2D eigenvalue weighted by Gasteiger charge is -2.22. The lowest BCUT2D eigenvalue weighted by Crippen LogP contribution is -2.28. The molecule has 1 N–H and O–H groups in total. The Morgan fingerprint density at radius 3 is 2.86 bits per heavy atom. The zero-order valence-electron chi connectivity index (χ0n) is 13.0. The van der Waals surface area contributed by atoms with E-state index in [4.69, 9.17) is 4.74 Å². The van der Waals surface area contributed by atoms with Crippen LogP contribution in [0.25, 0.3) is 5.57 Å². The number of fused-ring (bicyclic) bond motifs is 1. The number of hydrogen-bond donors (Lipinski definition) is 1. The van der Waals surface area contributed by atoms with E-state index in [9.17, 15) is 0 Å². The predicted octanol–water partition coefficient (Wildman–Crippen LogP) is 3.88. The van der Waals surface area contributed by atoms with Gasteiger partial charge in [0.05, 0.1) is 6.61 Å². The molecule has 1 saturated heterocycles. The van der Waals surface area contributed by atoms with E-state index >= 15 is 0 Å². The maximum absolute atomic E-state index is 6.02. The van der Waals surface area contributed by atoms with Crippen LogP contribution in [0.5, 0.6) is 5.75 Å². The number of piperidine rings is 1. The van der Waals surface area contributed by atoms with Gasteiger partial charge in [-0.25, -0.2) is 0 Å². The monoisotopic (exact) mass is 283 g/mol. The molecular weight excluding hydrogens is 258 g/mol. The minimum atomic E-state index is 0.831.